The highest BCUT2D eigenvalue weighted by Gasteiger charge is 2.11. The number of nitrogens with one attached hydrogen (secondary N) is 1. The van der Waals surface area contributed by atoms with E-state index in [1.165, 1.54) is 0 Å². The average Bonchev–Trinajstić information content (AvgIpc) is 2.69. The number of nitriles is 1. The minimum Gasteiger partial charge on any atom is -0.490 e. The molecule has 2 aromatic carbocycles. The molecule has 0 aliphatic rings. The van der Waals surface area contributed by atoms with Crippen LogP contribution in [-0.4, -0.2) is 36.5 Å². The number of fused-ring (bicyclic) bond motifs is 1. The fourth-order valence-corrected chi connectivity index (χ4v) is 2.54. The summed E-state index contributed by atoms with van der Waals surface area (Å²) in [6.07, 6.45) is 0.463. The van der Waals surface area contributed by atoms with Crippen molar-refractivity contribution in [2.24, 2.45) is 0 Å². The Bertz CT molecular complexity index is 1030. The Morgan fingerprint density at radius 2 is 1.96 bits per heavy atom. The summed E-state index contributed by atoms with van der Waals surface area (Å²) >= 11 is 0. The number of nitrogens with zero attached hydrogens (tertiary/aromatic N) is 2. The lowest BCUT2D eigenvalue weighted by molar-refractivity contribution is 0.146. The first-order chi connectivity index (χ1) is 13.6. The van der Waals surface area contributed by atoms with Crippen LogP contribution in [0.2, 0.25) is 0 Å². The van der Waals surface area contributed by atoms with Crippen LogP contribution in [0.3, 0.4) is 0 Å². The summed E-state index contributed by atoms with van der Waals surface area (Å²) in [5.74, 6) is 1.46. The van der Waals surface area contributed by atoms with Gasteiger partial charge in [-0.05, 0) is 36.4 Å². The van der Waals surface area contributed by atoms with Crippen molar-refractivity contribution in [1.82, 2.24) is 4.98 Å². The van der Waals surface area contributed by atoms with Crippen LogP contribution in [0.5, 0.6) is 17.2 Å². The summed E-state index contributed by atoms with van der Waals surface area (Å²) in [6.45, 7) is 0.732. The highest BCUT2D eigenvalue weighted by Crippen LogP contribution is 2.33. The van der Waals surface area contributed by atoms with E-state index in [2.05, 4.69) is 16.4 Å². The van der Waals surface area contributed by atoms with Crippen LogP contribution in [0.4, 0.5) is 10.5 Å². The molecule has 0 spiro atoms. The minimum absolute atomic E-state index is 0.323. The number of ether oxygens (including phenoxy) is 3. The number of carbonyl (C=O) groups is 1. The summed E-state index contributed by atoms with van der Waals surface area (Å²) in [5, 5.41) is 21.1. The zero-order chi connectivity index (χ0) is 19.9. The Kier molecular flexibility index (Phi) is 5.89. The molecular formula is C20H17N3O5. The molecule has 0 bridgehead atoms. The fraction of sp³-hybridized carbons (Fsp3) is 0.150. The second kappa shape index (κ2) is 8.70. The van der Waals surface area contributed by atoms with E-state index in [0.717, 1.165) is 0 Å². The Morgan fingerprint density at radius 1 is 1.18 bits per heavy atom. The first-order valence-electron chi connectivity index (χ1n) is 8.33. The molecule has 28 heavy (non-hydrogen) atoms. The van der Waals surface area contributed by atoms with Gasteiger partial charge in [-0.3, -0.25) is 10.3 Å². The Balaban J connectivity index is 1.89. The van der Waals surface area contributed by atoms with Crippen LogP contribution in [-0.2, 0) is 4.74 Å². The van der Waals surface area contributed by atoms with E-state index in [0.29, 0.717) is 52.6 Å². The Morgan fingerprint density at radius 3 is 2.64 bits per heavy atom. The highest BCUT2D eigenvalue weighted by molar-refractivity contribution is 5.88. The van der Waals surface area contributed by atoms with Gasteiger partial charge in [0.1, 0.15) is 29.9 Å². The fourth-order valence-electron chi connectivity index (χ4n) is 2.54. The molecule has 1 amide bonds. The van der Waals surface area contributed by atoms with E-state index >= 15 is 0 Å². The maximum Gasteiger partial charge on any atom is 0.409 e. The SMILES string of the molecule is COCCOc1cc2nccc(Oc3ccc(NC(=O)O)cc3)c2cc1C#N. The predicted molar refractivity (Wildman–Crippen MR) is 102 cm³/mol. The largest absolute Gasteiger partial charge is 0.490 e. The zero-order valence-electron chi connectivity index (χ0n) is 15.0. The lowest BCUT2D eigenvalue weighted by atomic mass is 10.1. The molecule has 0 radical (unpaired) electrons. The number of pyridine rings is 1. The third-order valence-electron chi connectivity index (χ3n) is 3.80. The van der Waals surface area contributed by atoms with Crippen molar-refractivity contribution in [2.45, 2.75) is 0 Å². The van der Waals surface area contributed by atoms with E-state index in [4.69, 9.17) is 19.3 Å². The number of carboxylic acid groups (broad SMARTS) is 1. The Labute approximate surface area is 160 Å². The molecule has 3 aromatic rings. The summed E-state index contributed by atoms with van der Waals surface area (Å²) in [6, 6.07) is 13.6. The summed E-state index contributed by atoms with van der Waals surface area (Å²) in [7, 11) is 1.57. The molecular weight excluding hydrogens is 362 g/mol. The van der Waals surface area contributed by atoms with Crippen molar-refractivity contribution in [3.8, 4) is 23.3 Å². The van der Waals surface area contributed by atoms with Gasteiger partial charge < -0.3 is 19.3 Å². The molecule has 142 valence electrons. The topological polar surface area (TPSA) is 114 Å². The molecule has 2 N–H and O–H groups in total. The molecule has 0 fully saturated rings. The Hall–Kier alpha value is -3.83. The number of benzene rings is 2. The first kappa shape index (κ1) is 18.9. The molecule has 8 nitrogen and oxygen atoms in total. The molecule has 0 atom stereocenters. The van der Waals surface area contributed by atoms with Crippen molar-refractivity contribution >= 4 is 22.7 Å². The minimum atomic E-state index is -1.14. The molecule has 1 heterocycles. The first-order valence-corrected chi connectivity index (χ1v) is 8.33. The number of aromatic nitrogens is 1. The van der Waals surface area contributed by atoms with Crippen molar-refractivity contribution in [3.63, 3.8) is 0 Å². The predicted octanol–water partition coefficient (Wildman–Crippen LogP) is 4.01. The van der Waals surface area contributed by atoms with Crippen molar-refractivity contribution in [3.05, 3.63) is 54.2 Å². The quantitative estimate of drug-likeness (QED) is 0.596. The van der Waals surface area contributed by atoms with Crippen molar-refractivity contribution < 1.29 is 24.1 Å². The van der Waals surface area contributed by atoms with E-state index in [9.17, 15) is 10.1 Å². The van der Waals surface area contributed by atoms with E-state index < -0.39 is 6.09 Å². The standard InChI is InChI=1S/C20H17N3O5/c1-26-8-9-27-19-11-17-16(10-13(19)12-21)18(6-7-22-17)28-15-4-2-14(3-5-15)23-20(24)25/h2-7,10-11,23H,8-9H2,1H3,(H,24,25). The van der Waals surface area contributed by atoms with Gasteiger partial charge in [0.15, 0.2) is 0 Å². The number of methoxy groups -OCH3 is 1. The van der Waals surface area contributed by atoms with Gasteiger partial charge in [-0.1, -0.05) is 0 Å². The van der Waals surface area contributed by atoms with Gasteiger partial charge in [0, 0.05) is 30.4 Å². The van der Waals surface area contributed by atoms with Crippen LogP contribution in [0.25, 0.3) is 10.9 Å². The lowest BCUT2D eigenvalue weighted by Gasteiger charge is -2.12. The van der Waals surface area contributed by atoms with Crippen LogP contribution in [0, 0.1) is 11.3 Å². The highest BCUT2D eigenvalue weighted by atomic mass is 16.5. The average molecular weight is 379 g/mol. The summed E-state index contributed by atoms with van der Waals surface area (Å²) < 4.78 is 16.5. The molecule has 1 aromatic heterocycles. The maximum absolute atomic E-state index is 10.7. The normalized spacial score (nSPS) is 10.3. The zero-order valence-corrected chi connectivity index (χ0v) is 15.0. The third kappa shape index (κ3) is 4.47. The number of hydrogen-bond donors (Lipinski definition) is 2. The number of hydrogen-bond acceptors (Lipinski definition) is 6. The van der Waals surface area contributed by atoms with Crippen LogP contribution < -0.4 is 14.8 Å². The van der Waals surface area contributed by atoms with Crippen molar-refractivity contribution in [1.29, 1.82) is 5.26 Å². The number of anilines is 1. The summed E-state index contributed by atoms with van der Waals surface area (Å²) in [4.78, 5) is 15.0. The van der Waals surface area contributed by atoms with Crippen molar-refractivity contribution in [2.75, 3.05) is 25.6 Å². The van der Waals surface area contributed by atoms with Gasteiger partial charge in [-0.15, -0.1) is 0 Å². The van der Waals surface area contributed by atoms with Crippen LogP contribution in [0.15, 0.2) is 48.7 Å². The van der Waals surface area contributed by atoms with Gasteiger partial charge in [-0.25, -0.2) is 4.79 Å². The van der Waals surface area contributed by atoms with Crippen LogP contribution in [0.1, 0.15) is 5.56 Å². The molecule has 0 aliphatic heterocycles. The molecule has 0 unspecified atom stereocenters. The molecule has 3 rings (SSSR count). The summed E-state index contributed by atoms with van der Waals surface area (Å²) in [5.41, 5.74) is 1.42. The van der Waals surface area contributed by atoms with E-state index in [1.54, 1.807) is 55.8 Å². The van der Waals surface area contributed by atoms with Gasteiger partial charge in [-0.2, -0.15) is 5.26 Å². The van der Waals surface area contributed by atoms with E-state index in [-0.39, 0.29) is 0 Å². The molecule has 0 aliphatic carbocycles. The van der Waals surface area contributed by atoms with Gasteiger partial charge in [0.2, 0.25) is 0 Å². The second-order valence-corrected chi connectivity index (χ2v) is 5.68. The van der Waals surface area contributed by atoms with Gasteiger partial charge in [0.25, 0.3) is 0 Å². The monoisotopic (exact) mass is 379 g/mol. The number of amides is 1. The van der Waals surface area contributed by atoms with E-state index in [1.807, 2.05) is 0 Å². The third-order valence-corrected chi connectivity index (χ3v) is 3.80. The van der Waals surface area contributed by atoms with Crippen LogP contribution >= 0.6 is 0 Å². The van der Waals surface area contributed by atoms with Gasteiger partial charge in [0.05, 0.1) is 17.7 Å². The molecule has 0 saturated heterocycles. The maximum atomic E-state index is 10.7. The molecule has 0 saturated carbocycles. The van der Waals surface area contributed by atoms with Gasteiger partial charge >= 0.3 is 6.09 Å². The molecule has 8 heteroatoms. The second-order valence-electron chi connectivity index (χ2n) is 5.68. The lowest BCUT2D eigenvalue weighted by Crippen LogP contribution is -2.06. The number of rotatable bonds is 7. The smallest absolute Gasteiger partial charge is 0.409 e.